The minimum absolute atomic E-state index is 0.197. The standard InChI is InChI=1S/C16H22N4O2/c1-9(2)11-6-10(3)12(21-5)7-13(11)22-14-8-19-16(17)20-15(14)18-4/h6-9H,1-5H3,(H3,17,18,19,20). The Kier molecular flexibility index (Phi) is 4.70. The molecular formula is C16H22N4O2. The number of hydrogen-bond donors (Lipinski definition) is 2. The van der Waals surface area contributed by atoms with Crippen molar-refractivity contribution in [1.29, 1.82) is 0 Å². The highest BCUT2D eigenvalue weighted by atomic mass is 16.5. The van der Waals surface area contributed by atoms with Crippen LogP contribution < -0.4 is 20.5 Å². The topological polar surface area (TPSA) is 82.3 Å². The van der Waals surface area contributed by atoms with Crippen LogP contribution in [0.25, 0.3) is 0 Å². The third-order valence-corrected chi connectivity index (χ3v) is 3.38. The largest absolute Gasteiger partial charge is 0.496 e. The van der Waals surface area contributed by atoms with E-state index in [1.165, 1.54) is 0 Å². The molecule has 2 rings (SSSR count). The van der Waals surface area contributed by atoms with Crippen LogP contribution >= 0.6 is 0 Å². The van der Waals surface area contributed by atoms with Crippen molar-refractivity contribution < 1.29 is 9.47 Å². The van der Waals surface area contributed by atoms with Crippen molar-refractivity contribution in [2.24, 2.45) is 0 Å². The molecule has 0 fully saturated rings. The number of anilines is 2. The van der Waals surface area contributed by atoms with Crippen molar-refractivity contribution in [2.45, 2.75) is 26.7 Å². The second-order valence-electron chi connectivity index (χ2n) is 5.31. The lowest BCUT2D eigenvalue weighted by molar-refractivity contribution is 0.404. The molecule has 118 valence electrons. The maximum Gasteiger partial charge on any atom is 0.222 e. The summed E-state index contributed by atoms with van der Waals surface area (Å²) in [5.74, 6) is 3.07. The Hall–Kier alpha value is -2.50. The van der Waals surface area contributed by atoms with Gasteiger partial charge in [-0.3, -0.25) is 0 Å². The van der Waals surface area contributed by atoms with Crippen LogP contribution in [0.2, 0.25) is 0 Å². The number of nitrogens with one attached hydrogen (secondary N) is 1. The molecule has 1 aromatic heterocycles. The summed E-state index contributed by atoms with van der Waals surface area (Å²) < 4.78 is 11.4. The van der Waals surface area contributed by atoms with E-state index >= 15 is 0 Å². The molecule has 0 saturated carbocycles. The molecule has 0 unspecified atom stereocenters. The van der Waals surface area contributed by atoms with Crippen LogP contribution in [0.15, 0.2) is 18.3 Å². The maximum atomic E-state index is 6.02. The van der Waals surface area contributed by atoms with Crippen LogP contribution in [-0.4, -0.2) is 24.1 Å². The zero-order valence-corrected chi connectivity index (χ0v) is 13.6. The van der Waals surface area contributed by atoms with E-state index < -0.39 is 0 Å². The van der Waals surface area contributed by atoms with E-state index in [0.717, 1.165) is 22.6 Å². The van der Waals surface area contributed by atoms with E-state index in [2.05, 4.69) is 35.2 Å². The fourth-order valence-corrected chi connectivity index (χ4v) is 2.21. The van der Waals surface area contributed by atoms with Gasteiger partial charge in [0.2, 0.25) is 5.95 Å². The Morgan fingerprint density at radius 1 is 1.18 bits per heavy atom. The Morgan fingerprint density at radius 3 is 2.50 bits per heavy atom. The number of rotatable bonds is 5. The summed E-state index contributed by atoms with van der Waals surface area (Å²) in [5, 5.41) is 2.96. The smallest absolute Gasteiger partial charge is 0.222 e. The first-order chi connectivity index (χ1) is 10.5. The van der Waals surface area contributed by atoms with E-state index in [0.29, 0.717) is 17.5 Å². The van der Waals surface area contributed by atoms with Gasteiger partial charge in [-0.15, -0.1) is 0 Å². The highest BCUT2D eigenvalue weighted by molar-refractivity contribution is 5.55. The van der Waals surface area contributed by atoms with Gasteiger partial charge in [-0.1, -0.05) is 13.8 Å². The van der Waals surface area contributed by atoms with Crippen molar-refractivity contribution >= 4 is 11.8 Å². The van der Waals surface area contributed by atoms with Gasteiger partial charge in [0.25, 0.3) is 0 Å². The first kappa shape index (κ1) is 15.9. The van der Waals surface area contributed by atoms with E-state index in [1.807, 2.05) is 13.0 Å². The fourth-order valence-electron chi connectivity index (χ4n) is 2.21. The summed E-state index contributed by atoms with van der Waals surface area (Å²) in [6.45, 7) is 6.25. The number of ether oxygens (including phenoxy) is 2. The highest BCUT2D eigenvalue weighted by Crippen LogP contribution is 2.37. The SMILES string of the molecule is CNc1nc(N)ncc1Oc1cc(OC)c(C)cc1C(C)C. The predicted octanol–water partition coefficient (Wildman–Crippen LogP) is 3.33. The fraction of sp³-hybridized carbons (Fsp3) is 0.375. The molecule has 0 radical (unpaired) electrons. The lowest BCUT2D eigenvalue weighted by Gasteiger charge is -2.18. The zero-order chi connectivity index (χ0) is 16.3. The summed E-state index contributed by atoms with van der Waals surface area (Å²) >= 11 is 0. The Labute approximate surface area is 130 Å². The summed E-state index contributed by atoms with van der Waals surface area (Å²) in [5.41, 5.74) is 7.77. The third kappa shape index (κ3) is 3.21. The first-order valence-electron chi connectivity index (χ1n) is 7.13. The molecule has 6 nitrogen and oxygen atoms in total. The monoisotopic (exact) mass is 302 g/mol. The molecule has 0 amide bonds. The average Bonchev–Trinajstić information content (AvgIpc) is 2.49. The Morgan fingerprint density at radius 2 is 1.91 bits per heavy atom. The van der Waals surface area contributed by atoms with Crippen molar-refractivity contribution in [2.75, 3.05) is 25.2 Å². The molecule has 0 aliphatic rings. The molecule has 0 saturated heterocycles. The van der Waals surface area contributed by atoms with Gasteiger partial charge < -0.3 is 20.5 Å². The van der Waals surface area contributed by atoms with Gasteiger partial charge in [-0.25, -0.2) is 4.98 Å². The number of aromatic nitrogens is 2. The molecular weight excluding hydrogens is 280 g/mol. The molecule has 2 aromatic rings. The quantitative estimate of drug-likeness (QED) is 0.881. The van der Waals surface area contributed by atoms with Gasteiger partial charge in [0.15, 0.2) is 11.6 Å². The van der Waals surface area contributed by atoms with Crippen LogP contribution in [0.4, 0.5) is 11.8 Å². The normalized spacial score (nSPS) is 10.6. The second-order valence-corrected chi connectivity index (χ2v) is 5.31. The number of nitrogens with zero attached hydrogens (tertiary/aromatic N) is 2. The number of aryl methyl sites for hydroxylation is 1. The molecule has 0 aliphatic heterocycles. The van der Waals surface area contributed by atoms with Gasteiger partial charge in [0, 0.05) is 13.1 Å². The number of hydrogen-bond acceptors (Lipinski definition) is 6. The van der Waals surface area contributed by atoms with Crippen LogP contribution in [0.3, 0.4) is 0 Å². The van der Waals surface area contributed by atoms with Crippen molar-refractivity contribution in [1.82, 2.24) is 9.97 Å². The van der Waals surface area contributed by atoms with Crippen LogP contribution in [0.5, 0.6) is 17.2 Å². The van der Waals surface area contributed by atoms with Crippen LogP contribution in [0.1, 0.15) is 30.9 Å². The van der Waals surface area contributed by atoms with Crippen molar-refractivity contribution in [3.63, 3.8) is 0 Å². The van der Waals surface area contributed by atoms with E-state index in [9.17, 15) is 0 Å². The molecule has 6 heteroatoms. The van der Waals surface area contributed by atoms with Crippen molar-refractivity contribution in [3.05, 3.63) is 29.5 Å². The lowest BCUT2D eigenvalue weighted by atomic mass is 9.99. The summed E-state index contributed by atoms with van der Waals surface area (Å²) in [6.07, 6.45) is 1.56. The molecule has 0 atom stereocenters. The molecule has 0 spiro atoms. The van der Waals surface area contributed by atoms with Crippen LogP contribution in [-0.2, 0) is 0 Å². The van der Waals surface area contributed by atoms with E-state index in [-0.39, 0.29) is 5.95 Å². The second kappa shape index (κ2) is 6.51. The number of methoxy groups -OCH3 is 1. The molecule has 3 N–H and O–H groups in total. The summed E-state index contributed by atoms with van der Waals surface area (Å²) in [6, 6.07) is 3.97. The van der Waals surface area contributed by atoms with Gasteiger partial charge >= 0.3 is 0 Å². The Balaban J connectivity index is 2.48. The van der Waals surface area contributed by atoms with Gasteiger partial charge in [-0.05, 0) is 30.0 Å². The predicted molar refractivity (Wildman–Crippen MR) is 87.9 cm³/mol. The molecule has 1 aromatic carbocycles. The Bertz CT molecular complexity index is 671. The third-order valence-electron chi connectivity index (χ3n) is 3.38. The average molecular weight is 302 g/mol. The highest BCUT2D eigenvalue weighted by Gasteiger charge is 2.15. The summed E-state index contributed by atoms with van der Waals surface area (Å²) in [4.78, 5) is 8.11. The van der Waals surface area contributed by atoms with E-state index in [4.69, 9.17) is 15.2 Å². The summed E-state index contributed by atoms with van der Waals surface area (Å²) in [7, 11) is 3.40. The minimum Gasteiger partial charge on any atom is -0.496 e. The van der Waals surface area contributed by atoms with E-state index in [1.54, 1.807) is 20.4 Å². The minimum atomic E-state index is 0.197. The first-order valence-corrected chi connectivity index (χ1v) is 7.13. The molecule has 22 heavy (non-hydrogen) atoms. The zero-order valence-electron chi connectivity index (χ0n) is 13.6. The molecule has 1 heterocycles. The number of nitrogens with two attached hydrogens (primary N) is 1. The van der Waals surface area contributed by atoms with Gasteiger partial charge in [-0.2, -0.15) is 4.98 Å². The molecule has 0 bridgehead atoms. The maximum absolute atomic E-state index is 6.02. The number of nitrogen functional groups attached to an aromatic ring is 1. The number of benzene rings is 1. The van der Waals surface area contributed by atoms with Gasteiger partial charge in [0.05, 0.1) is 13.3 Å². The molecule has 0 aliphatic carbocycles. The van der Waals surface area contributed by atoms with Gasteiger partial charge in [0.1, 0.15) is 11.5 Å². The van der Waals surface area contributed by atoms with Crippen molar-refractivity contribution in [3.8, 4) is 17.2 Å². The lowest BCUT2D eigenvalue weighted by Crippen LogP contribution is -2.03. The van der Waals surface area contributed by atoms with Crippen LogP contribution in [0, 0.1) is 6.92 Å².